The highest BCUT2D eigenvalue weighted by molar-refractivity contribution is 5.82. The first kappa shape index (κ1) is 11.9. The summed E-state index contributed by atoms with van der Waals surface area (Å²) in [5, 5.41) is 6.42. The van der Waals surface area contributed by atoms with Gasteiger partial charge in [-0.25, -0.2) is 0 Å². The Morgan fingerprint density at radius 2 is 2.25 bits per heavy atom. The molecule has 0 aromatic heterocycles. The van der Waals surface area contributed by atoms with E-state index >= 15 is 0 Å². The highest BCUT2D eigenvalue weighted by Gasteiger charge is 2.29. The summed E-state index contributed by atoms with van der Waals surface area (Å²) in [5.74, 6) is 0.189. The number of amides is 1. The molecule has 1 amide bonds. The van der Waals surface area contributed by atoms with Gasteiger partial charge in [0.05, 0.1) is 6.04 Å². The summed E-state index contributed by atoms with van der Waals surface area (Å²) in [5.41, 5.74) is 0. The smallest absolute Gasteiger partial charge is 0.237 e. The molecule has 0 aliphatic carbocycles. The van der Waals surface area contributed by atoms with Gasteiger partial charge in [0.25, 0.3) is 0 Å². The largest absolute Gasteiger partial charge is 0.355 e. The minimum Gasteiger partial charge on any atom is -0.355 e. The van der Waals surface area contributed by atoms with E-state index in [1.807, 2.05) is 0 Å². The summed E-state index contributed by atoms with van der Waals surface area (Å²) in [6, 6.07) is 1.16. The fraction of sp³-hybridized carbons (Fsp3) is 0.917. The van der Waals surface area contributed by atoms with Crippen LogP contribution in [-0.2, 0) is 4.79 Å². The van der Waals surface area contributed by atoms with E-state index in [4.69, 9.17) is 0 Å². The molecule has 92 valence electrons. The predicted molar refractivity (Wildman–Crippen MR) is 64.3 cm³/mol. The molecule has 2 saturated heterocycles. The van der Waals surface area contributed by atoms with Gasteiger partial charge in [-0.1, -0.05) is 0 Å². The summed E-state index contributed by atoms with van der Waals surface area (Å²) in [6.07, 6.45) is 3.26. The van der Waals surface area contributed by atoms with E-state index in [1.165, 1.54) is 6.42 Å². The molecule has 2 N–H and O–H groups in total. The van der Waals surface area contributed by atoms with Crippen molar-refractivity contribution in [2.24, 2.45) is 0 Å². The number of nitrogens with one attached hydrogen (secondary N) is 2. The highest BCUT2D eigenvalue weighted by Crippen LogP contribution is 2.14. The highest BCUT2D eigenvalue weighted by atomic mass is 16.2. The van der Waals surface area contributed by atoms with Gasteiger partial charge in [-0.05, 0) is 39.7 Å². The number of hydrogen-bond acceptors (Lipinski definition) is 3. The maximum atomic E-state index is 11.6. The number of hydrogen-bond donors (Lipinski definition) is 2. The Kier molecular flexibility index (Phi) is 3.82. The van der Waals surface area contributed by atoms with Crippen LogP contribution in [0.25, 0.3) is 0 Å². The van der Waals surface area contributed by atoms with Crippen molar-refractivity contribution in [2.45, 2.75) is 51.2 Å². The van der Waals surface area contributed by atoms with Gasteiger partial charge < -0.3 is 10.6 Å². The number of rotatable bonds is 3. The molecule has 4 heteroatoms. The van der Waals surface area contributed by atoms with Crippen molar-refractivity contribution < 1.29 is 4.79 Å². The van der Waals surface area contributed by atoms with Gasteiger partial charge in [0.2, 0.25) is 5.91 Å². The lowest BCUT2D eigenvalue weighted by Crippen LogP contribution is -2.52. The van der Waals surface area contributed by atoms with E-state index in [-0.39, 0.29) is 11.9 Å². The molecule has 2 aliphatic heterocycles. The first-order chi connectivity index (χ1) is 7.66. The van der Waals surface area contributed by atoms with Gasteiger partial charge in [0.1, 0.15) is 0 Å². The maximum absolute atomic E-state index is 11.6. The quantitative estimate of drug-likeness (QED) is 0.728. The summed E-state index contributed by atoms with van der Waals surface area (Å²) in [6.45, 7) is 7.55. The summed E-state index contributed by atoms with van der Waals surface area (Å²) in [7, 11) is 0. The van der Waals surface area contributed by atoms with Crippen LogP contribution in [0.5, 0.6) is 0 Å². The van der Waals surface area contributed by atoms with Crippen molar-refractivity contribution in [2.75, 3.05) is 19.6 Å². The van der Waals surface area contributed by atoms with Crippen molar-refractivity contribution >= 4 is 5.91 Å². The van der Waals surface area contributed by atoms with Crippen molar-refractivity contribution in [3.05, 3.63) is 0 Å². The lowest BCUT2D eigenvalue weighted by atomic mass is 10.1. The summed E-state index contributed by atoms with van der Waals surface area (Å²) < 4.78 is 0. The molecule has 0 bridgehead atoms. The lowest BCUT2D eigenvalue weighted by Gasteiger charge is -2.26. The van der Waals surface area contributed by atoms with E-state index in [0.29, 0.717) is 12.1 Å². The monoisotopic (exact) mass is 225 g/mol. The molecule has 2 aliphatic rings. The van der Waals surface area contributed by atoms with E-state index in [9.17, 15) is 4.79 Å². The van der Waals surface area contributed by atoms with Crippen molar-refractivity contribution in [3.63, 3.8) is 0 Å². The molecular formula is C12H23N3O. The molecule has 2 atom stereocenters. The third-order valence-electron chi connectivity index (χ3n) is 3.67. The van der Waals surface area contributed by atoms with Crippen LogP contribution in [0.2, 0.25) is 0 Å². The van der Waals surface area contributed by atoms with Crippen LogP contribution in [0, 0.1) is 0 Å². The average Bonchev–Trinajstić information content (AvgIpc) is 2.70. The number of likely N-dealkylation sites (tertiary alicyclic amines) is 1. The Labute approximate surface area is 97.8 Å². The van der Waals surface area contributed by atoms with Crippen LogP contribution >= 0.6 is 0 Å². The van der Waals surface area contributed by atoms with Crippen molar-refractivity contribution in [3.8, 4) is 0 Å². The number of nitrogens with zero attached hydrogens (tertiary/aromatic N) is 1. The first-order valence-corrected chi connectivity index (χ1v) is 6.44. The van der Waals surface area contributed by atoms with Crippen molar-refractivity contribution in [1.29, 1.82) is 0 Å². The molecule has 0 aromatic rings. The Morgan fingerprint density at radius 1 is 1.44 bits per heavy atom. The minimum absolute atomic E-state index is 0.0471. The van der Waals surface area contributed by atoms with Gasteiger partial charge in [0, 0.05) is 25.2 Å². The molecule has 2 fully saturated rings. The molecule has 16 heavy (non-hydrogen) atoms. The fourth-order valence-corrected chi connectivity index (χ4v) is 2.61. The van der Waals surface area contributed by atoms with Gasteiger partial charge >= 0.3 is 0 Å². The van der Waals surface area contributed by atoms with Gasteiger partial charge in [-0.15, -0.1) is 0 Å². The Morgan fingerprint density at radius 3 is 2.88 bits per heavy atom. The lowest BCUT2D eigenvalue weighted by molar-refractivity contribution is -0.124. The number of carbonyl (C=O) groups is 1. The van der Waals surface area contributed by atoms with Gasteiger partial charge in [-0.2, -0.15) is 0 Å². The molecule has 0 saturated carbocycles. The normalized spacial score (nSPS) is 32.1. The zero-order chi connectivity index (χ0) is 11.5. The third kappa shape index (κ3) is 2.74. The second kappa shape index (κ2) is 5.15. The molecule has 0 spiro atoms. The van der Waals surface area contributed by atoms with Crippen LogP contribution < -0.4 is 10.6 Å². The maximum Gasteiger partial charge on any atom is 0.237 e. The Bertz CT molecular complexity index is 255. The van der Waals surface area contributed by atoms with Crippen LogP contribution in [0.4, 0.5) is 0 Å². The molecule has 2 rings (SSSR count). The second-order valence-corrected chi connectivity index (χ2v) is 5.23. The molecular weight excluding hydrogens is 202 g/mol. The van der Waals surface area contributed by atoms with Crippen LogP contribution in [0.15, 0.2) is 0 Å². The molecule has 4 nitrogen and oxygen atoms in total. The van der Waals surface area contributed by atoms with E-state index < -0.39 is 0 Å². The van der Waals surface area contributed by atoms with Gasteiger partial charge in [0.15, 0.2) is 0 Å². The zero-order valence-electron chi connectivity index (χ0n) is 10.3. The topological polar surface area (TPSA) is 44.4 Å². The number of piperidine rings is 1. The summed E-state index contributed by atoms with van der Waals surface area (Å²) in [4.78, 5) is 14.1. The Hall–Kier alpha value is -0.610. The first-order valence-electron chi connectivity index (χ1n) is 6.44. The van der Waals surface area contributed by atoms with Crippen molar-refractivity contribution in [1.82, 2.24) is 15.5 Å². The van der Waals surface area contributed by atoms with Gasteiger partial charge in [-0.3, -0.25) is 9.69 Å². The average molecular weight is 225 g/mol. The zero-order valence-corrected chi connectivity index (χ0v) is 10.3. The summed E-state index contributed by atoms with van der Waals surface area (Å²) >= 11 is 0. The number of carbonyl (C=O) groups excluding carboxylic acids is 1. The standard InChI is InChI=1S/C12H23N3O/c1-9(2)15-7-5-10(8-15)14-11-4-3-6-13-12(11)16/h9-11,14H,3-8H2,1-2H3,(H,13,16). The van der Waals surface area contributed by atoms with E-state index in [1.54, 1.807) is 0 Å². The Balaban J connectivity index is 1.80. The van der Waals surface area contributed by atoms with E-state index in [2.05, 4.69) is 29.4 Å². The molecule has 0 radical (unpaired) electrons. The van der Waals surface area contributed by atoms with E-state index in [0.717, 1.165) is 32.5 Å². The van der Waals surface area contributed by atoms with Crippen LogP contribution in [0.3, 0.4) is 0 Å². The minimum atomic E-state index is 0.0471. The molecule has 2 unspecified atom stereocenters. The fourth-order valence-electron chi connectivity index (χ4n) is 2.61. The molecule has 0 aromatic carbocycles. The SMILES string of the molecule is CC(C)N1CCC(NC2CCCNC2=O)C1. The van der Waals surface area contributed by atoms with Crippen LogP contribution in [-0.4, -0.2) is 48.6 Å². The molecule has 2 heterocycles. The third-order valence-corrected chi connectivity index (χ3v) is 3.67. The second-order valence-electron chi connectivity index (χ2n) is 5.23. The van der Waals surface area contributed by atoms with Crippen LogP contribution in [0.1, 0.15) is 33.1 Å². The predicted octanol–water partition coefficient (Wildman–Crippen LogP) is 0.337.